The van der Waals surface area contributed by atoms with Crippen molar-refractivity contribution in [2.75, 3.05) is 46.2 Å². The molecule has 3 aromatic carbocycles. The van der Waals surface area contributed by atoms with Crippen LogP contribution in [0.15, 0.2) is 97.2 Å². The number of nitrogen functional groups attached to an aromatic ring is 1. The van der Waals surface area contributed by atoms with Gasteiger partial charge in [-0.15, -0.1) is 0 Å². The Kier molecular flexibility index (Phi) is 18.1. The summed E-state index contributed by atoms with van der Waals surface area (Å²) in [5.74, 6) is 2.06. The number of allylic oxidation sites excluding steroid dienone is 1. The highest BCUT2D eigenvalue weighted by Crippen LogP contribution is 2.40. The molecular formula is C53H68N4O6. The van der Waals surface area contributed by atoms with Gasteiger partial charge < -0.3 is 36.4 Å². The zero-order chi connectivity index (χ0) is 44.6. The number of pyridine rings is 1. The van der Waals surface area contributed by atoms with Crippen LogP contribution in [0.3, 0.4) is 0 Å². The molecule has 1 aromatic heterocycles. The number of rotatable bonds is 24. The first-order valence-corrected chi connectivity index (χ1v) is 23.0. The number of anilines is 1. The van der Waals surface area contributed by atoms with E-state index in [2.05, 4.69) is 76.3 Å². The number of phenols is 1. The number of aromatic nitrogens is 1. The fourth-order valence-electron chi connectivity index (χ4n) is 9.93. The number of hydrogen-bond donors (Lipinski definition) is 6. The standard InChI is InChI=1S/C53H68N4O6/c1-55-50-21-20-41-33-56-23-22-47(41)49(50)26-37(14-8-24-58)13-7-15-45(60)31-46(61)28-44(35-59)48-32-52(63-2)51(62)29-42(48)27-43-34-57-53(54)30-40(43)19-18-39-12-6-11-38(25-39)17-16-36-9-4-3-5-10-36/h3-6,9-12,20-21,25,28-30,32,34,37,41,47,49-50,55-56,58-59,62H,7-8,13-19,22-24,26-27,31,33,35H2,1-2H3,(H2,54,57)/b44-28+/t37-,41+,47+,49+,50+/m0/s1. The predicted octanol–water partition coefficient (Wildman–Crippen LogP) is 7.39. The maximum absolute atomic E-state index is 13.5. The summed E-state index contributed by atoms with van der Waals surface area (Å²) in [6, 6.07) is 24.6. The van der Waals surface area contributed by atoms with E-state index in [1.807, 2.05) is 19.2 Å². The minimum absolute atomic E-state index is 0.0680. The fraction of sp³-hybridized carbons (Fsp3) is 0.453. The highest BCUT2D eigenvalue weighted by atomic mass is 16.5. The van der Waals surface area contributed by atoms with Crippen molar-refractivity contribution in [2.45, 2.75) is 89.5 Å². The number of piperidine rings is 1. The van der Waals surface area contributed by atoms with Crippen molar-refractivity contribution in [1.82, 2.24) is 15.6 Å². The van der Waals surface area contributed by atoms with Crippen molar-refractivity contribution >= 4 is 23.0 Å². The Hall–Kier alpha value is -5.13. The number of Topliss-reactive ketones (excluding diaryl/α,β-unsaturated/α-hetero) is 1. The van der Waals surface area contributed by atoms with Gasteiger partial charge in [0.05, 0.1) is 20.1 Å². The van der Waals surface area contributed by atoms with Crippen molar-refractivity contribution in [3.63, 3.8) is 0 Å². The quantitative estimate of drug-likeness (QED) is 0.0238. The van der Waals surface area contributed by atoms with Gasteiger partial charge in [0.15, 0.2) is 17.3 Å². The lowest BCUT2D eigenvalue weighted by Gasteiger charge is -2.44. The molecular weight excluding hydrogens is 789 g/mol. The van der Waals surface area contributed by atoms with E-state index in [4.69, 9.17) is 10.5 Å². The molecule has 1 fully saturated rings. The van der Waals surface area contributed by atoms with E-state index in [-0.39, 0.29) is 36.1 Å². The second kappa shape index (κ2) is 24.1. The van der Waals surface area contributed by atoms with Crippen molar-refractivity contribution in [1.29, 1.82) is 0 Å². The van der Waals surface area contributed by atoms with E-state index < -0.39 is 6.61 Å². The lowest BCUT2D eigenvalue weighted by atomic mass is 9.66. The number of fused-ring (bicyclic) bond motifs is 1. The van der Waals surface area contributed by atoms with E-state index in [1.54, 1.807) is 18.3 Å². The lowest BCUT2D eigenvalue weighted by molar-refractivity contribution is -0.124. The SMILES string of the molecule is CN[C@@H]1C=C[C@@H]2CNCC[C@H]2[C@H]1C[C@H](CCCO)CCCC(=O)CC(=O)/C=C(\CO)c1cc(OC)c(O)cc1Cc1cnc(N)cc1CCc1cccc(CCc2ccccc2)c1. The highest BCUT2D eigenvalue weighted by Gasteiger charge is 2.38. The molecule has 4 aromatic rings. The third-order valence-electron chi connectivity index (χ3n) is 13.3. The van der Waals surface area contributed by atoms with Crippen molar-refractivity contribution < 1.29 is 29.6 Å². The monoisotopic (exact) mass is 857 g/mol. The van der Waals surface area contributed by atoms with E-state index in [0.717, 1.165) is 75.6 Å². The van der Waals surface area contributed by atoms with Crippen LogP contribution in [0.2, 0.25) is 0 Å². The summed E-state index contributed by atoms with van der Waals surface area (Å²) in [6.07, 6.45) is 17.0. The maximum atomic E-state index is 13.5. The first-order valence-electron chi connectivity index (χ1n) is 23.0. The van der Waals surface area contributed by atoms with Gasteiger partial charge >= 0.3 is 0 Å². The molecule has 1 aliphatic carbocycles. The molecule has 0 spiro atoms. The average molecular weight is 857 g/mol. The number of hydrogen-bond acceptors (Lipinski definition) is 10. The zero-order valence-corrected chi connectivity index (χ0v) is 37.2. The first kappa shape index (κ1) is 47.4. The van der Waals surface area contributed by atoms with Gasteiger partial charge in [0.1, 0.15) is 11.6 Å². The van der Waals surface area contributed by atoms with Crippen LogP contribution in [0.1, 0.15) is 90.3 Å². The van der Waals surface area contributed by atoms with Gasteiger partial charge in [-0.1, -0.05) is 73.2 Å². The van der Waals surface area contributed by atoms with Gasteiger partial charge in [-0.2, -0.15) is 0 Å². The van der Waals surface area contributed by atoms with Crippen LogP contribution in [0.5, 0.6) is 11.5 Å². The Bertz CT molecular complexity index is 2170. The van der Waals surface area contributed by atoms with Crippen LogP contribution in [-0.4, -0.2) is 78.4 Å². The molecule has 0 unspecified atom stereocenters. The largest absolute Gasteiger partial charge is 0.504 e. The molecule has 10 heteroatoms. The summed E-state index contributed by atoms with van der Waals surface area (Å²) in [6.45, 7) is 1.74. The number of likely N-dealkylation sites (N-methyl/N-ethyl adjacent to an activating group) is 1. The Morgan fingerprint density at radius 1 is 0.921 bits per heavy atom. The van der Waals surface area contributed by atoms with E-state index >= 15 is 0 Å². The van der Waals surface area contributed by atoms with Gasteiger partial charge in [-0.05, 0) is 170 Å². The predicted molar refractivity (Wildman–Crippen MR) is 252 cm³/mol. The molecule has 63 heavy (non-hydrogen) atoms. The van der Waals surface area contributed by atoms with Gasteiger partial charge in [-0.25, -0.2) is 4.98 Å². The molecule has 10 nitrogen and oxygen atoms in total. The van der Waals surface area contributed by atoms with Crippen LogP contribution in [0.4, 0.5) is 5.82 Å². The summed E-state index contributed by atoms with van der Waals surface area (Å²) >= 11 is 0. The van der Waals surface area contributed by atoms with E-state index in [9.17, 15) is 24.9 Å². The van der Waals surface area contributed by atoms with Crippen molar-refractivity contribution in [3.05, 3.63) is 136 Å². The molecule has 0 amide bonds. The summed E-state index contributed by atoms with van der Waals surface area (Å²) < 4.78 is 5.46. The number of aliphatic hydroxyl groups is 2. The number of ketones is 2. The molecule has 0 saturated carbocycles. The third-order valence-corrected chi connectivity index (χ3v) is 13.3. The molecule has 0 radical (unpaired) electrons. The fourth-order valence-corrected chi connectivity index (χ4v) is 9.93. The van der Waals surface area contributed by atoms with Gasteiger partial charge in [-0.3, -0.25) is 9.59 Å². The molecule has 2 aliphatic rings. The number of phenolic OH excluding ortho intramolecular Hbond substituents is 1. The number of aliphatic hydroxyl groups excluding tert-OH is 2. The second-order valence-corrected chi connectivity index (χ2v) is 17.6. The van der Waals surface area contributed by atoms with E-state index in [0.29, 0.717) is 77.9 Å². The number of aryl methyl sites for hydroxylation is 4. The molecule has 1 aliphatic heterocycles. The molecule has 7 N–H and O–H groups in total. The summed E-state index contributed by atoms with van der Waals surface area (Å²) in [5, 5.41) is 38.3. The molecule has 336 valence electrons. The molecule has 1 saturated heterocycles. The summed E-state index contributed by atoms with van der Waals surface area (Å²) in [4.78, 5) is 31.2. The van der Waals surface area contributed by atoms with Gasteiger partial charge in [0, 0.05) is 31.8 Å². The minimum Gasteiger partial charge on any atom is -0.504 e. The Morgan fingerprint density at radius 3 is 2.41 bits per heavy atom. The lowest BCUT2D eigenvalue weighted by Crippen LogP contribution is -2.48. The number of benzene rings is 3. The van der Waals surface area contributed by atoms with Crippen molar-refractivity contribution in [2.24, 2.45) is 23.7 Å². The highest BCUT2D eigenvalue weighted by molar-refractivity contribution is 6.07. The van der Waals surface area contributed by atoms with Crippen LogP contribution < -0.4 is 21.1 Å². The topological polar surface area (TPSA) is 167 Å². The van der Waals surface area contributed by atoms with E-state index in [1.165, 1.54) is 29.9 Å². The minimum atomic E-state index is -0.456. The van der Waals surface area contributed by atoms with Crippen molar-refractivity contribution in [3.8, 4) is 11.5 Å². The number of carbonyl (C=O) groups excluding carboxylic acids is 2. The second-order valence-electron chi connectivity index (χ2n) is 17.6. The number of methoxy groups -OCH3 is 1. The smallest absolute Gasteiger partial charge is 0.163 e. The average Bonchev–Trinajstić information content (AvgIpc) is 3.30. The third kappa shape index (κ3) is 13.7. The van der Waals surface area contributed by atoms with Crippen LogP contribution in [0.25, 0.3) is 5.57 Å². The molecule has 2 heterocycles. The molecule has 0 bridgehead atoms. The molecule has 5 atom stereocenters. The normalized spacial score (nSPS) is 19.1. The number of aromatic hydroxyl groups is 1. The van der Waals surface area contributed by atoms with Crippen LogP contribution in [0, 0.1) is 23.7 Å². The van der Waals surface area contributed by atoms with Gasteiger partial charge in [0.2, 0.25) is 0 Å². The number of ether oxygens (including phenoxy) is 1. The number of carbonyl (C=O) groups is 2. The number of nitrogens with zero attached hydrogens (tertiary/aromatic N) is 1. The zero-order valence-electron chi connectivity index (χ0n) is 37.2. The Balaban J connectivity index is 1.10. The number of nitrogens with one attached hydrogen (secondary N) is 2. The number of nitrogens with two attached hydrogens (primary N) is 1. The van der Waals surface area contributed by atoms with Crippen LogP contribution >= 0.6 is 0 Å². The first-order chi connectivity index (χ1) is 30.7. The Labute approximate surface area is 374 Å². The summed E-state index contributed by atoms with van der Waals surface area (Å²) in [5.41, 5.74) is 13.5. The summed E-state index contributed by atoms with van der Waals surface area (Å²) in [7, 11) is 3.48. The van der Waals surface area contributed by atoms with Gasteiger partial charge in [0.25, 0.3) is 0 Å². The molecule has 6 rings (SSSR count). The van der Waals surface area contributed by atoms with Crippen LogP contribution in [-0.2, 0) is 41.7 Å². The maximum Gasteiger partial charge on any atom is 0.163 e. The Morgan fingerprint density at radius 2 is 1.67 bits per heavy atom.